The zero-order chi connectivity index (χ0) is 13.8. The molecule has 18 heavy (non-hydrogen) atoms. The lowest BCUT2D eigenvalue weighted by molar-refractivity contribution is -0.300. The van der Waals surface area contributed by atoms with E-state index in [1.807, 2.05) is 27.7 Å². The Bertz CT molecular complexity index is 278. The topological polar surface area (TPSA) is 70.8 Å². The third kappa shape index (κ3) is 5.33. The smallest absolute Gasteiger partial charge is 0.308 e. The van der Waals surface area contributed by atoms with Crippen LogP contribution in [0.4, 0.5) is 0 Å². The molecule has 1 unspecified atom stereocenters. The van der Waals surface area contributed by atoms with Gasteiger partial charge < -0.3 is 19.9 Å². The fourth-order valence-corrected chi connectivity index (χ4v) is 2.20. The minimum absolute atomic E-state index is 0.0515. The summed E-state index contributed by atoms with van der Waals surface area (Å²) in [6.45, 7) is 7.96. The van der Waals surface area contributed by atoms with Gasteiger partial charge in [0.1, 0.15) is 0 Å². The van der Waals surface area contributed by atoms with E-state index < -0.39 is 5.79 Å². The Hall–Kier alpha value is -0.650. The molecule has 0 aromatic rings. The highest BCUT2D eigenvalue weighted by molar-refractivity contribution is 5.70. The van der Waals surface area contributed by atoms with Crippen molar-refractivity contribution in [1.82, 2.24) is 0 Å². The number of carbonyl (C=O) groups is 1. The molecule has 1 heterocycles. The summed E-state index contributed by atoms with van der Waals surface area (Å²) in [5.74, 6) is -0.889. The minimum atomic E-state index is -0.666. The van der Waals surface area contributed by atoms with E-state index in [9.17, 15) is 4.79 Å². The van der Waals surface area contributed by atoms with Gasteiger partial charge in [0.05, 0.1) is 24.7 Å². The van der Waals surface area contributed by atoms with Crippen LogP contribution in [0.3, 0.4) is 0 Å². The maximum Gasteiger partial charge on any atom is 0.308 e. The normalized spacial score (nSPS) is 27.2. The second-order valence-corrected chi connectivity index (χ2v) is 5.44. The Labute approximate surface area is 109 Å². The van der Waals surface area contributed by atoms with Crippen molar-refractivity contribution in [3.63, 3.8) is 0 Å². The molecule has 1 rings (SSSR count). The molecule has 0 radical (unpaired) electrons. The zero-order valence-corrected chi connectivity index (χ0v) is 11.8. The predicted octanol–water partition coefficient (Wildman–Crippen LogP) is 1.59. The second kappa shape index (κ2) is 6.50. The maximum atomic E-state index is 11.6. The van der Waals surface area contributed by atoms with Crippen molar-refractivity contribution in [2.45, 2.75) is 71.1 Å². The van der Waals surface area contributed by atoms with E-state index in [2.05, 4.69) is 0 Å². The minimum Gasteiger partial charge on any atom is -0.463 e. The summed E-state index contributed by atoms with van der Waals surface area (Å²) in [6, 6.07) is 0. The van der Waals surface area contributed by atoms with Crippen LogP contribution in [0.15, 0.2) is 0 Å². The molecule has 106 valence electrons. The van der Waals surface area contributed by atoms with Crippen LogP contribution in [0.1, 0.15) is 47.0 Å². The van der Waals surface area contributed by atoms with Crippen LogP contribution >= 0.6 is 0 Å². The van der Waals surface area contributed by atoms with Crippen molar-refractivity contribution in [2.24, 2.45) is 5.73 Å². The molecule has 2 N–H and O–H groups in total. The quantitative estimate of drug-likeness (QED) is 0.759. The lowest BCUT2D eigenvalue weighted by atomic mass is 10.0. The summed E-state index contributed by atoms with van der Waals surface area (Å²) >= 11 is 0. The molecule has 5 nitrogen and oxygen atoms in total. The van der Waals surface area contributed by atoms with Crippen LogP contribution in [-0.2, 0) is 19.0 Å². The van der Waals surface area contributed by atoms with Crippen molar-refractivity contribution in [3.8, 4) is 0 Å². The first-order chi connectivity index (χ1) is 8.32. The van der Waals surface area contributed by atoms with Gasteiger partial charge in [-0.25, -0.2) is 0 Å². The number of nitrogens with two attached hydrogens (primary N) is 1. The predicted molar refractivity (Wildman–Crippen MR) is 68.0 cm³/mol. The molecule has 1 saturated heterocycles. The molecule has 0 aromatic carbocycles. The molecule has 2 atom stereocenters. The number of ether oxygens (including phenoxy) is 3. The van der Waals surface area contributed by atoms with Crippen LogP contribution < -0.4 is 5.73 Å². The highest BCUT2D eigenvalue weighted by Crippen LogP contribution is 2.29. The van der Waals surface area contributed by atoms with Gasteiger partial charge in [-0.1, -0.05) is 0 Å². The van der Waals surface area contributed by atoms with E-state index in [0.717, 1.165) is 6.42 Å². The van der Waals surface area contributed by atoms with Gasteiger partial charge in [0.15, 0.2) is 5.79 Å². The number of hydrogen-bond donors (Lipinski definition) is 1. The van der Waals surface area contributed by atoms with Gasteiger partial charge in [-0.3, -0.25) is 4.79 Å². The highest BCUT2D eigenvalue weighted by Gasteiger charge is 2.36. The van der Waals surface area contributed by atoms with E-state index in [1.54, 1.807) is 0 Å². The molecule has 1 fully saturated rings. The SMILES string of the molecule is CC(C)OC(=O)CC1C[C@@H](CCN)OC(C)(C)O1. The Kier molecular flexibility index (Phi) is 5.56. The molecule has 0 bridgehead atoms. The Balaban J connectivity index is 2.51. The zero-order valence-electron chi connectivity index (χ0n) is 11.8. The summed E-state index contributed by atoms with van der Waals surface area (Å²) in [5.41, 5.74) is 5.55. The molecule has 0 amide bonds. The molecule has 1 aliphatic heterocycles. The monoisotopic (exact) mass is 259 g/mol. The van der Waals surface area contributed by atoms with Gasteiger partial charge >= 0.3 is 5.97 Å². The first-order valence-corrected chi connectivity index (χ1v) is 6.57. The van der Waals surface area contributed by atoms with Gasteiger partial charge in [-0.05, 0) is 40.7 Å². The van der Waals surface area contributed by atoms with Gasteiger partial charge in [-0.15, -0.1) is 0 Å². The van der Waals surface area contributed by atoms with E-state index in [1.165, 1.54) is 0 Å². The lowest BCUT2D eigenvalue weighted by Gasteiger charge is -2.40. The third-order valence-corrected chi connectivity index (χ3v) is 2.68. The standard InChI is InChI=1S/C13H25NO4/c1-9(2)16-12(15)8-11-7-10(5-6-14)17-13(3,4)18-11/h9-11H,5-8,14H2,1-4H3/t10-,11?/m1/s1. The summed E-state index contributed by atoms with van der Waals surface area (Å²) < 4.78 is 16.6. The van der Waals surface area contributed by atoms with E-state index in [0.29, 0.717) is 13.0 Å². The Morgan fingerprint density at radius 3 is 2.56 bits per heavy atom. The molecule has 0 aromatic heterocycles. The molecular formula is C13H25NO4. The van der Waals surface area contributed by atoms with Crippen molar-refractivity contribution in [2.75, 3.05) is 6.54 Å². The summed E-state index contributed by atoms with van der Waals surface area (Å²) in [6.07, 6.45) is 1.54. The van der Waals surface area contributed by atoms with E-state index >= 15 is 0 Å². The van der Waals surface area contributed by atoms with Crippen LogP contribution in [0, 0.1) is 0 Å². The van der Waals surface area contributed by atoms with Gasteiger partial charge in [-0.2, -0.15) is 0 Å². The van der Waals surface area contributed by atoms with Crippen LogP contribution in [0.25, 0.3) is 0 Å². The largest absolute Gasteiger partial charge is 0.463 e. The van der Waals surface area contributed by atoms with Crippen molar-refractivity contribution in [1.29, 1.82) is 0 Å². The highest BCUT2D eigenvalue weighted by atomic mass is 16.7. The fraction of sp³-hybridized carbons (Fsp3) is 0.923. The van der Waals surface area contributed by atoms with Crippen molar-refractivity contribution >= 4 is 5.97 Å². The second-order valence-electron chi connectivity index (χ2n) is 5.44. The number of rotatable bonds is 5. The van der Waals surface area contributed by atoms with Crippen molar-refractivity contribution < 1.29 is 19.0 Å². The Morgan fingerprint density at radius 2 is 2.00 bits per heavy atom. The molecule has 0 spiro atoms. The average Bonchev–Trinajstić information content (AvgIpc) is 2.12. The van der Waals surface area contributed by atoms with E-state index in [4.69, 9.17) is 19.9 Å². The number of esters is 1. The molecule has 0 aliphatic carbocycles. The molecule has 0 saturated carbocycles. The number of hydrogen-bond acceptors (Lipinski definition) is 5. The average molecular weight is 259 g/mol. The number of carbonyl (C=O) groups excluding carboxylic acids is 1. The van der Waals surface area contributed by atoms with Gasteiger partial charge in [0, 0.05) is 6.42 Å². The summed E-state index contributed by atoms with van der Waals surface area (Å²) in [7, 11) is 0. The summed E-state index contributed by atoms with van der Waals surface area (Å²) in [5, 5.41) is 0. The van der Waals surface area contributed by atoms with Crippen LogP contribution in [0.2, 0.25) is 0 Å². The van der Waals surface area contributed by atoms with Crippen molar-refractivity contribution in [3.05, 3.63) is 0 Å². The molecule has 5 heteroatoms. The van der Waals surface area contributed by atoms with Crippen LogP contribution in [-0.4, -0.2) is 36.6 Å². The Morgan fingerprint density at radius 1 is 1.39 bits per heavy atom. The first kappa shape index (κ1) is 15.4. The third-order valence-electron chi connectivity index (χ3n) is 2.68. The van der Waals surface area contributed by atoms with Crippen LogP contribution in [0.5, 0.6) is 0 Å². The lowest BCUT2D eigenvalue weighted by Crippen LogP contribution is -2.46. The summed E-state index contributed by atoms with van der Waals surface area (Å²) in [4.78, 5) is 11.6. The maximum absolute atomic E-state index is 11.6. The first-order valence-electron chi connectivity index (χ1n) is 6.57. The van der Waals surface area contributed by atoms with Gasteiger partial charge in [0.2, 0.25) is 0 Å². The molecular weight excluding hydrogens is 234 g/mol. The van der Waals surface area contributed by atoms with Gasteiger partial charge in [0.25, 0.3) is 0 Å². The molecule has 1 aliphatic rings. The fourth-order valence-electron chi connectivity index (χ4n) is 2.20. The van der Waals surface area contributed by atoms with E-state index in [-0.39, 0.29) is 30.7 Å².